The first-order valence-electron chi connectivity index (χ1n) is 5.14. The quantitative estimate of drug-likeness (QED) is 0.735. The van der Waals surface area contributed by atoms with Crippen LogP contribution in [0, 0.1) is 0 Å². The molecular formula is C11H21NO4. The van der Waals surface area contributed by atoms with Crippen molar-refractivity contribution in [3.63, 3.8) is 0 Å². The number of ether oxygens (including phenoxy) is 2. The van der Waals surface area contributed by atoms with Crippen molar-refractivity contribution in [2.45, 2.75) is 39.3 Å². The van der Waals surface area contributed by atoms with Crippen LogP contribution < -0.4 is 0 Å². The normalized spacial score (nSPS) is 13.1. The predicted octanol–water partition coefficient (Wildman–Crippen LogP) is 1.46. The Morgan fingerprint density at radius 2 is 1.81 bits per heavy atom. The molecule has 0 unspecified atom stereocenters. The summed E-state index contributed by atoms with van der Waals surface area (Å²) in [5.41, 5.74) is -0.570. The minimum absolute atomic E-state index is 0.129. The SMILES string of the molecule is COC[C@H](C(C)=O)N(C)C(=O)OC(C)(C)C. The van der Waals surface area contributed by atoms with Crippen LogP contribution in [0.15, 0.2) is 0 Å². The fourth-order valence-electron chi connectivity index (χ4n) is 1.12. The number of amides is 1. The van der Waals surface area contributed by atoms with E-state index in [4.69, 9.17) is 9.47 Å². The Balaban J connectivity index is 4.55. The molecule has 0 aliphatic heterocycles. The second-order valence-electron chi connectivity index (χ2n) is 4.67. The Morgan fingerprint density at radius 1 is 1.31 bits per heavy atom. The molecule has 16 heavy (non-hydrogen) atoms. The molecule has 5 heteroatoms. The van der Waals surface area contributed by atoms with E-state index in [1.165, 1.54) is 26.0 Å². The average Bonchev–Trinajstić information content (AvgIpc) is 2.09. The zero-order valence-electron chi connectivity index (χ0n) is 10.9. The molecule has 0 spiro atoms. The summed E-state index contributed by atoms with van der Waals surface area (Å²) in [6.07, 6.45) is -0.523. The molecule has 0 aromatic rings. The molecule has 0 radical (unpaired) electrons. The monoisotopic (exact) mass is 231 g/mol. The highest BCUT2D eigenvalue weighted by Gasteiger charge is 2.27. The zero-order valence-corrected chi connectivity index (χ0v) is 10.9. The molecule has 0 aliphatic rings. The lowest BCUT2D eigenvalue weighted by atomic mass is 10.2. The molecular weight excluding hydrogens is 210 g/mol. The van der Waals surface area contributed by atoms with Gasteiger partial charge in [0, 0.05) is 14.2 Å². The minimum atomic E-state index is -0.597. The van der Waals surface area contributed by atoms with Crippen molar-refractivity contribution < 1.29 is 19.1 Å². The van der Waals surface area contributed by atoms with Crippen LogP contribution in [-0.2, 0) is 14.3 Å². The van der Waals surface area contributed by atoms with Crippen LogP contribution in [-0.4, -0.2) is 49.2 Å². The van der Waals surface area contributed by atoms with E-state index in [-0.39, 0.29) is 12.4 Å². The van der Waals surface area contributed by atoms with Gasteiger partial charge in [0.25, 0.3) is 0 Å². The third-order valence-corrected chi connectivity index (χ3v) is 1.94. The Labute approximate surface area is 96.7 Å². The molecule has 0 aromatic carbocycles. The van der Waals surface area contributed by atoms with Gasteiger partial charge in [0.15, 0.2) is 5.78 Å². The van der Waals surface area contributed by atoms with Crippen molar-refractivity contribution in [2.75, 3.05) is 20.8 Å². The lowest BCUT2D eigenvalue weighted by Crippen LogP contribution is -2.46. The summed E-state index contributed by atoms with van der Waals surface area (Å²) in [6.45, 7) is 6.92. The van der Waals surface area contributed by atoms with Gasteiger partial charge in [-0.2, -0.15) is 0 Å². The minimum Gasteiger partial charge on any atom is -0.444 e. The van der Waals surface area contributed by atoms with E-state index in [9.17, 15) is 9.59 Å². The predicted molar refractivity (Wildman–Crippen MR) is 60.3 cm³/mol. The summed E-state index contributed by atoms with van der Waals surface area (Å²) in [4.78, 5) is 24.3. The topological polar surface area (TPSA) is 55.8 Å². The molecule has 1 atom stereocenters. The van der Waals surface area contributed by atoms with E-state index in [2.05, 4.69) is 0 Å². The van der Waals surface area contributed by atoms with Gasteiger partial charge in [0.05, 0.1) is 6.61 Å². The number of hydrogen-bond donors (Lipinski definition) is 0. The highest BCUT2D eigenvalue weighted by Crippen LogP contribution is 2.11. The Morgan fingerprint density at radius 3 is 2.12 bits per heavy atom. The number of ketones is 1. The third kappa shape index (κ3) is 5.11. The molecule has 0 aromatic heterocycles. The second-order valence-corrected chi connectivity index (χ2v) is 4.67. The Kier molecular flexibility index (Phi) is 5.44. The summed E-state index contributed by atoms with van der Waals surface area (Å²) >= 11 is 0. The van der Waals surface area contributed by atoms with Crippen LogP contribution in [0.2, 0.25) is 0 Å². The average molecular weight is 231 g/mol. The van der Waals surface area contributed by atoms with Crippen molar-refractivity contribution in [1.82, 2.24) is 4.90 Å². The van der Waals surface area contributed by atoms with Crippen LogP contribution in [0.25, 0.3) is 0 Å². The summed E-state index contributed by atoms with van der Waals surface area (Å²) in [5, 5.41) is 0. The molecule has 1 amide bonds. The van der Waals surface area contributed by atoms with Gasteiger partial charge in [-0.05, 0) is 27.7 Å². The van der Waals surface area contributed by atoms with E-state index in [0.29, 0.717) is 0 Å². The van der Waals surface area contributed by atoms with E-state index < -0.39 is 17.7 Å². The van der Waals surface area contributed by atoms with Crippen LogP contribution >= 0.6 is 0 Å². The van der Waals surface area contributed by atoms with E-state index >= 15 is 0 Å². The first-order valence-corrected chi connectivity index (χ1v) is 5.14. The highest BCUT2D eigenvalue weighted by atomic mass is 16.6. The maximum absolute atomic E-state index is 11.7. The highest BCUT2D eigenvalue weighted by molar-refractivity contribution is 5.85. The third-order valence-electron chi connectivity index (χ3n) is 1.94. The van der Waals surface area contributed by atoms with Gasteiger partial charge in [-0.3, -0.25) is 9.69 Å². The van der Waals surface area contributed by atoms with Gasteiger partial charge < -0.3 is 9.47 Å². The van der Waals surface area contributed by atoms with Crippen LogP contribution in [0.1, 0.15) is 27.7 Å². The number of methoxy groups -OCH3 is 1. The molecule has 0 bridgehead atoms. The van der Waals surface area contributed by atoms with Gasteiger partial charge in [-0.25, -0.2) is 4.79 Å². The molecule has 0 heterocycles. The molecule has 0 aliphatic carbocycles. The number of carbonyl (C=O) groups is 2. The van der Waals surface area contributed by atoms with Crippen molar-refractivity contribution in [3.8, 4) is 0 Å². The second kappa shape index (κ2) is 5.84. The van der Waals surface area contributed by atoms with Gasteiger partial charge in [0.2, 0.25) is 0 Å². The van der Waals surface area contributed by atoms with Gasteiger partial charge >= 0.3 is 6.09 Å². The fourth-order valence-corrected chi connectivity index (χ4v) is 1.12. The fraction of sp³-hybridized carbons (Fsp3) is 0.818. The van der Waals surface area contributed by atoms with Gasteiger partial charge in [-0.1, -0.05) is 0 Å². The van der Waals surface area contributed by atoms with Crippen molar-refractivity contribution in [2.24, 2.45) is 0 Å². The molecule has 5 nitrogen and oxygen atoms in total. The standard InChI is InChI=1S/C11H21NO4/c1-8(13)9(7-15-6)12(5)10(14)16-11(2,3)4/h9H,7H2,1-6H3/t9-/m1/s1. The first kappa shape index (κ1) is 14.9. The number of hydrogen-bond acceptors (Lipinski definition) is 4. The molecule has 0 fully saturated rings. The Bertz CT molecular complexity index is 257. The molecule has 0 rings (SSSR count). The first-order chi connectivity index (χ1) is 7.19. The summed E-state index contributed by atoms with van der Waals surface area (Å²) in [6, 6.07) is -0.597. The van der Waals surface area contributed by atoms with Crippen LogP contribution in [0.5, 0.6) is 0 Å². The maximum Gasteiger partial charge on any atom is 0.410 e. The van der Waals surface area contributed by atoms with Crippen molar-refractivity contribution >= 4 is 11.9 Å². The summed E-state index contributed by atoms with van der Waals surface area (Å²) in [5.74, 6) is -0.129. The maximum atomic E-state index is 11.7. The van der Waals surface area contributed by atoms with Crippen LogP contribution in [0.3, 0.4) is 0 Å². The number of carbonyl (C=O) groups excluding carboxylic acids is 2. The van der Waals surface area contributed by atoms with Crippen molar-refractivity contribution in [3.05, 3.63) is 0 Å². The van der Waals surface area contributed by atoms with E-state index in [1.54, 1.807) is 20.8 Å². The lowest BCUT2D eigenvalue weighted by molar-refractivity contribution is -0.123. The summed E-state index contributed by atoms with van der Waals surface area (Å²) < 4.78 is 10.1. The Hall–Kier alpha value is -1.10. The number of Topliss-reactive ketones (excluding diaryl/α,β-unsaturated/α-hetero) is 1. The number of likely N-dealkylation sites (N-methyl/N-ethyl adjacent to an activating group) is 1. The lowest BCUT2D eigenvalue weighted by Gasteiger charge is -2.28. The van der Waals surface area contributed by atoms with Gasteiger partial charge in [0.1, 0.15) is 11.6 Å². The number of nitrogens with zero attached hydrogens (tertiary/aromatic N) is 1. The molecule has 0 saturated heterocycles. The van der Waals surface area contributed by atoms with Crippen molar-refractivity contribution in [1.29, 1.82) is 0 Å². The molecule has 0 saturated carbocycles. The molecule has 0 N–H and O–H groups in total. The molecule has 94 valence electrons. The van der Waals surface area contributed by atoms with E-state index in [0.717, 1.165) is 0 Å². The largest absolute Gasteiger partial charge is 0.444 e. The van der Waals surface area contributed by atoms with Gasteiger partial charge in [-0.15, -0.1) is 0 Å². The summed E-state index contributed by atoms with van der Waals surface area (Å²) in [7, 11) is 3.01. The van der Waals surface area contributed by atoms with E-state index in [1.807, 2.05) is 0 Å². The smallest absolute Gasteiger partial charge is 0.410 e. The zero-order chi connectivity index (χ0) is 12.9. The van der Waals surface area contributed by atoms with Crippen LogP contribution in [0.4, 0.5) is 4.79 Å². The number of rotatable bonds is 4.